The van der Waals surface area contributed by atoms with Gasteiger partial charge in [-0.1, -0.05) is 11.6 Å². The van der Waals surface area contributed by atoms with Gasteiger partial charge in [-0.3, -0.25) is 4.79 Å². The van der Waals surface area contributed by atoms with Crippen LogP contribution >= 0.6 is 11.6 Å². The molecule has 3 nitrogen and oxygen atoms in total. The summed E-state index contributed by atoms with van der Waals surface area (Å²) in [7, 11) is 0. The number of carbonyl (C=O) groups excluding carboxylic acids is 1. The Morgan fingerprint density at radius 2 is 1.89 bits per heavy atom. The van der Waals surface area contributed by atoms with E-state index in [2.05, 4.69) is 5.32 Å². The summed E-state index contributed by atoms with van der Waals surface area (Å²) in [5, 5.41) is 3.52. The van der Waals surface area contributed by atoms with Crippen molar-refractivity contribution in [3.63, 3.8) is 0 Å². The average molecular weight is 278 g/mol. The van der Waals surface area contributed by atoms with Gasteiger partial charge in [-0.05, 0) is 51.1 Å². The van der Waals surface area contributed by atoms with Crippen LogP contribution in [0.25, 0.3) is 11.3 Å². The molecule has 1 amide bonds. The Hall–Kier alpha value is -1.74. The Labute approximate surface area is 117 Å². The molecule has 0 aliphatic heterocycles. The number of furan rings is 1. The number of nitrogens with one attached hydrogen (secondary N) is 1. The highest BCUT2D eigenvalue weighted by Gasteiger charge is 2.16. The minimum atomic E-state index is -0.114. The number of carbonyl (C=O) groups is 1. The zero-order chi connectivity index (χ0) is 14.0. The van der Waals surface area contributed by atoms with Crippen LogP contribution in [0, 0.1) is 6.92 Å². The molecule has 0 aliphatic carbocycles. The van der Waals surface area contributed by atoms with Crippen LogP contribution in [0.4, 0.5) is 0 Å². The Kier molecular flexibility index (Phi) is 3.96. The first-order chi connectivity index (χ1) is 8.97. The zero-order valence-electron chi connectivity index (χ0n) is 11.2. The molecule has 1 aromatic carbocycles. The zero-order valence-corrected chi connectivity index (χ0v) is 11.9. The molecule has 0 atom stereocenters. The van der Waals surface area contributed by atoms with Gasteiger partial charge in [0.2, 0.25) is 0 Å². The minimum absolute atomic E-state index is 0.0979. The second-order valence-corrected chi connectivity index (χ2v) is 5.15. The van der Waals surface area contributed by atoms with E-state index >= 15 is 0 Å². The normalized spacial score (nSPS) is 10.8. The van der Waals surface area contributed by atoms with Crippen molar-refractivity contribution < 1.29 is 9.21 Å². The molecule has 0 unspecified atom stereocenters. The molecular weight excluding hydrogens is 262 g/mol. The first-order valence-corrected chi connectivity index (χ1v) is 6.52. The monoisotopic (exact) mass is 277 g/mol. The predicted molar refractivity (Wildman–Crippen MR) is 76.5 cm³/mol. The highest BCUT2D eigenvalue weighted by atomic mass is 35.5. The third-order valence-electron chi connectivity index (χ3n) is 2.71. The topological polar surface area (TPSA) is 42.2 Å². The van der Waals surface area contributed by atoms with Crippen molar-refractivity contribution >= 4 is 17.5 Å². The summed E-state index contributed by atoms with van der Waals surface area (Å²) in [6, 6.07) is 9.18. The lowest BCUT2D eigenvalue weighted by Gasteiger charge is -2.06. The molecule has 0 spiro atoms. The number of aryl methyl sites for hydroxylation is 1. The smallest absolute Gasteiger partial charge is 0.255 e. The molecule has 0 saturated carbocycles. The Balaban J connectivity index is 2.30. The van der Waals surface area contributed by atoms with E-state index in [1.807, 2.05) is 26.0 Å². The molecule has 0 fully saturated rings. The first-order valence-electron chi connectivity index (χ1n) is 6.14. The molecule has 19 heavy (non-hydrogen) atoms. The summed E-state index contributed by atoms with van der Waals surface area (Å²) in [5.41, 5.74) is 1.47. The summed E-state index contributed by atoms with van der Waals surface area (Å²) in [5.74, 6) is 1.17. The van der Waals surface area contributed by atoms with E-state index < -0.39 is 0 Å². The quantitative estimate of drug-likeness (QED) is 0.920. The van der Waals surface area contributed by atoms with Gasteiger partial charge in [0.05, 0.1) is 5.56 Å². The van der Waals surface area contributed by atoms with E-state index in [0.717, 1.165) is 5.56 Å². The fraction of sp³-hybridized carbons (Fsp3) is 0.267. The van der Waals surface area contributed by atoms with Crippen molar-refractivity contribution in [3.05, 3.63) is 46.7 Å². The van der Waals surface area contributed by atoms with E-state index in [1.54, 1.807) is 25.1 Å². The molecule has 4 heteroatoms. The van der Waals surface area contributed by atoms with Gasteiger partial charge in [-0.2, -0.15) is 0 Å². The molecule has 1 aromatic heterocycles. The maximum absolute atomic E-state index is 12.0. The van der Waals surface area contributed by atoms with Crippen molar-refractivity contribution in [2.75, 3.05) is 0 Å². The second kappa shape index (κ2) is 5.49. The lowest BCUT2D eigenvalue weighted by molar-refractivity contribution is 0.0941. The molecule has 100 valence electrons. The van der Waals surface area contributed by atoms with Gasteiger partial charge in [0.15, 0.2) is 0 Å². The fourth-order valence-corrected chi connectivity index (χ4v) is 1.93. The number of hydrogen-bond acceptors (Lipinski definition) is 2. The van der Waals surface area contributed by atoms with E-state index in [-0.39, 0.29) is 11.9 Å². The fourth-order valence-electron chi connectivity index (χ4n) is 1.80. The Morgan fingerprint density at radius 3 is 2.47 bits per heavy atom. The standard InChI is InChI=1S/C15H16ClNO2/c1-9(2)17-15(18)13-8-14(19-10(13)3)11-4-6-12(16)7-5-11/h4-9H,1-3H3,(H,17,18). The summed E-state index contributed by atoms with van der Waals surface area (Å²) in [4.78, 5) is 12.0. The number of amides is 1. The predicted octanol–water partition coefficient (Wildman–Crippen LogP) is 4.05. The van der Waals surface area contributed by atoms with Crippen molar-refractivity contribution in [1.29, 1.82) is 0 Å². The maximum atomic E-state index is 12.0. The molecule has 0 bridgehead atoms. The Morgan fingerprint density at radius 1 is 1.26 bits per heavy atom. The van der Waals surface area contributed by atoms with Crippen LogP contribution in [-0.4, -0.2) is 11.9 Å². The SMILES string of the molecule is Cc1oc(-c2ccc(Cl)cc2)cc1C(=O)NC(C)C. The summed E-state index contributed by atoms with van der Waals surface area (Å²) >= 11 is 5.85. The molecule has 2 aromatic rings. The molecule has 0 saturated heterocycles. The largest absolute Gasteiger partial charge is 0.461 e. The summed E-state index contributed by atoms with van der Waals surface area (Å²) in [6.45, 7) is 5.63. The van der Waals surface area contributed by atoms with Crippen LogP contribution in [0.3, 0.4) is 0 Å². The highest BCUT2D eigenvalue weighted by Crippen LogP contribution is 2.26. The molecular formula is C15H16ClNO2. The van der Waals surface area contributed by atoms with Gasteiger partial charge >= 0.3 is 0 Å². The van der Waals surface area contributed by atoms with E-state index in [0.29, 0.717) is 22.1 Å². The number of benzene rings is 1. The van der Waals surface area contributed by atoms with Crippen LogP contribution in [0.5, 0.6) is 0 Å². The lowest BCUT2D eigenvalue weighted by atomic mass is 10.1. The second-order valence-electron chi connectivity index (χ2n) is 4.72. The first kappa shape index (κ1) is 13.7. The molecule has 0 radical (unpaired) electrons. The summed E-state index contributed by atoms with van der Waals surface area (Å²) < 4.78 is 5.64. The maximum Gasteiger partial charge on any atom is 0.255 e. The van der Waals surface area contributed by atoms with Crippen molar-refractivity contribution in [2.24, 2.45) is 0 Å². The third-order valence-corrected chi connectivity index (χ3v) is 2.96. The molecule has 0 aliphatic rings. The minimum Gasteiger partial charge on any atom is -0.461 e. The van der Waals surface area contributed by atoms with Gasteiger partial charge in [-0.15, -0.1) is 0 Å². The number of rotatable bonds is 3. The van der Waals surface area contributed by atoms with E-state index in [1.165, 1.54) is 0 Å². The van der Waals surface area contributed by atoms with Crippen LogP contribution in [-0.2, 0) is 0 Å². The van der Waals surface area contributed by atoms with Gasteiger partial charge in [0, 0.05) is 16.6 Å². The van der Waals surface area contributed by atoms with Crippen LogP contribution in [0.15, 0.2) is 34.7 Å². The molecule has 2 rings (SSSR count). The van der Waals surface area contributed by atoms with Crippen LogP contribution in [0.1, 0.15) is 30.0 Å². The van der Waals surface area contributed by atoms with E-state index in [9.17, 15) is 4.79 Å². The van der Waals surface area contributed by atoms with Gasteiger partial charge in [0.1, 0.15) is 11.5 Å². The lowest BCUT2D eigenvalue weighted by Crippen LogP contribution is -2.30. The van der Waals surface area contributed by atoms with Gasteiger partial charge in [0.25, 0.3) is 5.91 Å². The van der Waals surface area contributed by atoms with Crippen LogP contribution in [0.2, 0.25) is 5.02 Å². The van der Waals surface area contributed by atoms with Crippen molar-refractivity contribution in [3.8, 4) is 11.3 Å². The average Bonchev–Trinajstić information content (AvgIpc) is 2.71. The van der Waals surface area contributed by atoms with Gasteiger partial charge < -0.3 is 9.73 Å². The molecule has 1 heterocycles. The number of halogens is 1. The highest BCUT2D eigenvalue weighted by molar-refractivity contribution is 6.30. The molecule has 1 N–H and O–H groups in total. The van der Waals surface area contributed by atoms with Crippen LogP contribution < -0.4 is 5.32 Å². The number of hydrogen-bond donors (Lipinski definition) is 1. The van der Waals surface area contributed by atoms with Gasteiger partial charge in [-0.25, -0.2) is 0 Å². The third kappa shape index (κ3) is 3.18. The summed E-state index contributed by atoms with van der Waals surface area (Å²) in [6.07, 6.45) is 0. The van der Waals surface area contributed by atoms with Crippen molar-refractivity contribution in [1.82, 2.24) is 5.32 Å². The van der Waals surface area contributed by atoms with Crippen molar-refractivity contribution in [2.45, 2.75) is 26.8 Å². The Bertz CT molecular complexity index is 585. The van der Waals surface area contributed by atoms with E-state index in [4.69, 9.17) is 16.0 Å².